The number of pyridine rings is 1. The molecule has 0 fully saturated rings. The summed E-state index contributed by atoms with van der Waals surface area (Å²) in [7, 11) is 1.63. The number of ether oxygens (including phenoxy) is 1. The molecule has 1 heterocycles. The van der Waals surface area contributed by atoms with Crippen molar-refractivity contribution in [2.75, 3.05) is 32.1 Å². The van der Waals surface area contributed by atoms with Crippen LogP contribution in [-0.2, 0) is 16.0 Å². The van der Waals surface area contributed by atoms with Gasteiger partial charge in [0.05, 0.1) is 13.2 Å². The Morgan fingerprint density at radius 3 is 2.29 bits per heavy atom. The summed E-state index contributed by atoms with van der Waals surface area (Å²) in [6.07, 6.45) is 4.44. The molecule has 7 heteroatoms. The second kappa shape index (κ2) is 12.7. The van der Waals surface area contributed by atoms with Crippen molar-refractivity contribution in [2.24, 2.45) is 0 Å². The predicted molar refractivity (Wildman–Crippen MR) is 101 cm³/mol. The maximum absolute atomic E-state index is 11.7. The van der Waals surface area contributed by atoms with Crippen molar-refractivity contribution in [1.29, 1.82) is 0 Å². The lowest BCUT2D eigenvalue weighted by molar-refractivity contribution is -0.115. The summed E-state index contributed by atoms with van der Waals surface area (Å²) < 4.78 is 4.91. The molecule has 0 radical (unpaired) electrons. The fourth-order valence-electron chi connectivity index (χ4n) is 2.02. The topological polar surface area (TPSA) is 63.2 Å². The molecule has 0 saturated heterocycles. The van der Waals surface area contributed by atoms with E-state index in [4.69, 9.17) is 4.74 Å². The molecule has 2 rings (SSSR count). The molecule has 0 atom stereocenters. The van der Waals surface area contributed by atoms with Crippen molar-refractivity contribution in [3.05, 3.63) is 59.9 Å². The molecule has 2 N–H and O–H groups in total. The van der Waals surface area contributed by atoms with Crippen LogP contribution >= 0.6 is 24.8 Å². The number of aromatic nitrogens is 1. The summed E-state index contributed by atoms with van der Waals surface area (Å²) in [6, 6.07) is 11.9. The van der Waals surface area contributed by atoms with Gasteiger partial charge in [-0.05, 0) is 41.8 Å². The number of carbonyl (C=O) groups is 1. The van der Waals surface area contributed by atoms with E-state index in [-0.39, 0.29) is 37.3 Å². The van der Waals surface area contributed by atoms with Gasteiger partial charge in [-0.1, -0.05) is 12.1 Å². The minimum absolute atomic E-state index is 0. The smallest absolute Gasteiger partial charge is 0.238 e. The van der Waals surface area contributed by atoms with Gasteiger partial charge in [0.15, 0.2) is 0 Å². The first kappa shape index (κ1) is 22.3. The number of nitrogens with zero attached hydrogens (tertiary/aromatic N) is 1. The van der Waals surface area contributed by atoms with E-state index in [2.05, 4.69) is 15.6 Å². The van der Waals surface area contributed by atoms with Crippen molar-refractivity contribution < 1.29 is 9.53 Å². The summed E-state index contributed by atoms with van der Waals surface area (Å²) in [4.78, 5) is 15.7. The molecular weight excluding hydrogens is 349 g/mol. The van der Waals surface area contributed by atoms with Crippen LogP contribution < -0.4 is 10.6 Å². The maximum atomic E-state index is 11.7. The number of benzene rings is 1. The van der Waals surface area contributed by atoms with Crippen LogP contribution in [0.1, 0.15) is 11.1 Å². The molecule has 1 aromatic carbocycles. The highest BCUT2D eigenvalue weighted by Gasteiger charge is 2.02. The molecule has 0 aliphatic carbocycles. The van der Waals surface area contributed by atoms with Gasteiger partial charge < -0.3 is 15.4 Å². The Labute approximate surface area is 155 Å². The Balaban J connectivity index is 0.00000264. The minimum atomic E-state index is -0.0574. The van der Waals surface area contributed by atoms with E-state index in [0.717, 1.165) is 12.1 Å². The van der Waals surface area contributed by atoms with E-state index in [1.807, 2.05) is 36.4 Å². The van der Waals surface area contributed by atoms with Gasteiger partial charge in [0.1, 0.15) is 0 Å². The van der Waals surface area contributed by atoms with Crippen LogP contribution in [-0.4, -0.2) is 37.7 Å². The number of rotatable bonds is 8. The Hall–Kier alpha value is -1.66. The van der Waals surface area contributed by atoms with E-state index >= 15 is 0 Å². The number of amides is 1. The largest absolute Gasteiger partial charge is 0.383 e. The van der Waals surface area contributed by atoms with Gasteiger partial charge in [-0.25, -0.2) is 0 Å². The van der Waals surface area contributed by atoms with Crippen LogP contribution in [0, 0.1) is 0 Å². The lowest BCUT2D eigenvalue weighted by atomic mass is 10.1. The van der Waals surface area contributed by atoms with Crippen molar-refractivity contribution in [3.8, 4) is 0 Å². The monoisotopic (exact) mass is 371 g/mol. The Kier molecular flexibility index (Phi) is 11.8. The summed E-state index contributed by atoms with van der Waals surface area (Å²) in [5.74, 6) is -0.0574. The number of methoxy groups -OCH3 is 1. The number of halogens is 2. The lowest BCUT2D eigenvalue weighted by Crippen LogP contribution is -2.30. The summed E-state index contributed by atoms with van der Waals surface area (Å²) in [5.41, 5.74) is 3.22. The van der Waals surface area contributed by atoms with Gasteiger partial charge in [0.2, 0.25) is 5.91 Å². The Bertz CT molecular complexity index is 580. The average molecular weight is 372 g/mol. The molecule has 24 heavy (non-hydrogen) atoms. The normalized spacial score (nSPS) is 9.54. The van der Waals surface area contributed by atoms with E-state index in [9.17, 15) is 4.79 Å². The second-order valence-electron chi connectivity index (χ2n) is 4.95. The van der Waals surface area contributed by atoms with E-state index in [0.29, 0.717) is 13.2 Å². The number of carbonyl (C=O) groups excluding carboxylic acids is 1. The average Bonchev–Trinajstić information content (AvgIpc) is 2.54. The molecule has 1 amide bonds. The molecule has 0 aliphatic rings. The highest BCUT2D eigenvalue weighted by Crippen LogP contribution is 2.13. The fourth-order valence-corrected chi connectivity index (χ4v) is 2.02. The summed E-state index contributed by atoms with van der Waals surface area (Å²) >= 11 is 0. The zero-order valence-electron chi connectivity index (χ0n) is 13.5. The van der Waals surface area contributed by atoms with Crippen molar-refractivity contribution in [2.45, 2.75) is 6.42 Å². The van der Waals surface area contributed by atoms with Crippen LogP contribution in [0.25, 0.3) is 0 Å². The highest BCUT2D eigenvalue weighted by molar-refractivity contribution is 5.92. The van der Waals surface area contributed by atoms with E-state index < -0.39 is 0 Å². The van der Waals surface area contributed by atoms with Crippen LogP contribution in [0.3, 0.4) is 0 Å². The Morgan fingerprint density at radius 1 is 1.04 bits per heavy atom. The third-order valence-corrected chi connectivity index (χ3v) is 3.16. The number of hydrogen-bond donors (Lipinski definition) is 2. The van der Waals surface area contributed by atoms with Gasteiger partial charge in [0, 0.05) is 31.7 Å². The molecule has 0 unspecified atom stereocenters. The summed E-state index contributed by atoms with van der Waals surface area (Å²) in [5, 5.41) is 5.87. The fraction of sp³-hybridized carbons (Fsp3) is 0.294. The third-order valence-electron chi connectivity index (χ3n) is 3.16. The van der Waals surface area contributed by atoms with Crippen LogP contribution in [0.2, 0.25) is 0 Å². The number of hydrogen-bond acceptors (Lipinski definition) is 4. The SMILES string of the molecule is COCCNCC(=O)Nc1ccc(Cc2ccncc2)cc1.Cl.Cl. The van der Waals surface area contributed by atoms with E-state index in [1.165, 1.54) is 11.1 Å². The zero-order valence-corrected chi connectivity index (χ0v) is 15.2. The maximum Gasteiger partial charge on any atom is 0.238 e. The van der Waals surface area contributed by atoms with Crippen molar-refractivity contribution in [1.82, 2.24) is 10.3 Å². The van der Waals surface area contributed by atoms with Crippen molar-refractivity contribution in [3.63, 3.8) is 0 Å². The minimum Gasteiger partial charge on any atom is -0.383 e. The van der Waals surface area contributed by atoms with Crippen LogP contribution in [0.4, 0.5) is 5.69 Å². The first-order chi connectivity index (χ1) is 10.8. The molecule has 0 saturated carbocycles. The van der Waals surface area contributed by atoms with Crippen LogP contribution in [0.5, 0.6) is 0 Å². The molecule has 0 bridgehead atoms. The quantitative estimate of drug-likeness (QED) is 0.700. The van der Waals surface area contributed by atoms with Gasteiger partial charge in [0.25, 0.3) is 0 Å². The first-order valence-electron chi connectivity index (χ1n) is 7.25. The van der Waals surface area contributed by atoms with Gasteiger partial charge in [-0.15, -0.1) is 24.8 Å². The number of anilines is 1. The molecule has 1 aromatic heterocycles. The molecule has 132 valence electrons. The predicted octanol–water partition coefficient (Wildman–Crippen LogP) is 2.69. The Morgan fingerprint density at radius 2 is 1.67 bits per heavy atom. The molecular formula is C17H23Cl2N3O2. The first-order valence-corrected chi connectivity index (χ1v) is 7.25. The zero-order chi connectivity index (χ0) is 15.6. The van der Waals surface area contributed by atoms with Gasteiger partial charge in [-0.2, -0.15) is 0 Å². The molecule has 2 aromatic rings. The third kappa shape index (κ3) is 8.26. The van der Waals surface area contributed by atoms with Gasteiger partial charge in [-0.3, -0.25) is 9.78 Å². The molecule has 5 nitrogen and oxygen atoms in total. The highest BCUT2D eigenvalue weighted by atomic mass is 35.5. The standard InChI is InChI=1S/C17H21N3O2.2ClH/c1-22-11-10-19-13-17(21)20-16-4-2-14(3-5-16)12-15-6-8-18-9-7-15;;/h2-9,19H,10-13H2,1H3,(H,20,21);2*1H. The summed E-state index contributed by atoms with van der Waals surface area (Å²) in [6.45, 7) is 1.54. The molecule has 0 aliphatic heterocycles. The second-order valence-corrected chi connectivity index (χ2v) is 4.95. The number of nitrogens with one attached hydrogen (secondary N) is 2. The van der Waals surface area contributed by atoms with Crippen LogP contribution in [0.15, 0.2) is 48.8 Å². The van der Waals surface area contributed by atoms with Crippen molar-refractivity contribution >= 4 is 36.4 Å². The van der Waals surface area contributed by atoms with E-state index in [1.54, 1.807) is 19.5 Å². The lowest BCUT2D eigenvalue weighted by Gasteiger charge is -2.08. The molecule has 0 spiro atoms. The van der Waals surface area contributed by atoms with Gasteiger partial charge >= 0.3 is 0 Å².